The number of phenols is 1. The molecule has 0 aliphatic rings. The van der Waals surface area contributed by atoms with Crippen LogP contribution in [0.3, 0.4) is 0 Å². The number of aryl methyl sites for hydroxylation is 1. The summed E-state index contributed by atoms with van der Waals surface area (Å²) in [6, 6.07) is 18.7. The largest absolute Gasteiger partial charge is 0.508 e. The number of hydrazone groups is 1. The molecule has 0 saturated carbocycles. The number of benzene rings is 2. The summed E-state index contributed by atoms with van der Waals surface area (Å²) in [6.07, 6.45) is 1.66. The molecule has 5 heteroatoms. The Morgan fingerprint density at radius 2 is 1.74 bits per heavy atom. The van der Waals surface area contributed by atoms with Crippen LogP contribution in [0.15, 0.2) is 65.8 Å². The number of aromatic hydroxyl groups is 1. The van der Waals surface area contributed by atoms with Crippen molar-refractivity contribution >= 4 is 12.0 Å². The fraction of sp³-hybridized carbons (Fsp3) is 0.0556. The predicted molar refractivity (Wildman–Crippen MR) is 91.5 cm³/mol. The first-order valence-electron chi connectivity index (χ1n) is 7.20. The smallest absolute Gasteiger partial charge is 0.171 e. The minimum Gasteiger partial charge on any atom is -0.508 e. The van der Waals surface area contributed by atoms with Crippen LogP contribution >= 0.6 is 0 Å². The summed E-state index contributed by atoms with van der Waals surface area (Å²) in [7, 11) is 0. The Labute approximate surface area is 134 Å². The lowest BCUT2D eigenvalue weighted by molar-refractivity contribution is 0.475. The van der Waals surface area contributed by atoms with Crippen molar-refractivity contribution in [1.29, 1.82) is 0 Å². The van der Waals surface area contributed by atoms with Gasteiger partial charge in [0.05, 0.1) is 11.9 Å². The molecule has 0 spiro atoms. The fourth-order valence-corrected chi connectivity index (χ4v) is 2.07. The van der Waals surface area contributed by atoms with Gasteiger partial charge in [0.25, 0.3) is 0 Å². The maximum Gasteiger partial charge on any atom is 0.171 e. The molecule has 2 N–H and O–H groups in total. The molecule has 0 aliphatic heterocycles. The van der Waals surface area contributed by atoms with Gasteiger partial charge in [0.15, 0.2) is 5.82 Å². The zero-order valence-corrected chi connectivity index (χ0v) is 12.6. The number of phenolic OH excluding ortho intramolecular Hbond substituents is 1. The highest BCUT2D eigenvalue weighted by atomic mass is 16.3. The summed E-state index contributed by atoms with van der Waals surface area (Å²) in [4.78, 5) is 0. The number of hydrogen-bond donors (Lipinski definition) is 2. The van der Waals surface area contributed by atoms with Gasteiger partial charge in [-0.15, -0.1) is 10.2 Å². The SMILES string of the molecule is Cc1cc(-c2ccccc2)nnc1N/N=C/c1ccc(O)cc1. The molecule has 1 heterocycles. The predicted octanol–water partition coefficient (Wildman–Crippen LogP) is 3.60. The van der Waals surface area contributed by atoms with Crippen LogP contribution in [0.2, 0.25) is 0 Å². The molecule has 3 rings (SSSR count). The highest BCUT2D eigenvalue weighted by molar-refractivity contribution is 5.80. The summed E-state index contributed by atoms with van der Waals surface area (Å²) in [6.45, 7) is 1.96. The molecule has 5 nitrogen and oxygen atoms in total. The lowest BCUT2D eigenvalue weighted by Gasteiger charge is -2.05. The zero-order valence-electron chi connectivity index (χ0n) is 12.6. The highest BCUT2D eigenvalue weighted by Crippen LogP contribution is 2.19. The van der Waals surface area contributed by atoms with Crippen molar-refractivity contribution < 1.29 is 5.11 Å². The summed E-state index contributed by atoms with van der Waals surface area (Å²) in [5.41, 5.74) is 6.58. The Bertz CT molecular complexity index is 814. The van der Waals surface area contributed by atoms with Gasteiger partial charge in [0.1, 0.15) is 5.75 Å². The maximum atomic E-state index is 9.24. The van der Waals surface area contributed by atoms with Gasteiger partial charge in [-0.2, -0.15) is 5.10 Å². The molecule has 0 saturated heterocycles. The van der Waals surface area contributed by atoms with Crippen molar-refractivity contribution in [3.63, 3.8) is 0 Å². The number of aromatic nitrogens is 2. The normalized spacial score (nSPS) is 10.8. The molecule has 0 radical (unpaired) electrons. The third kappa shape index (κ3) is 3.71. The summed E-state index contributed by atoms with van der Waals surface area (Å²) >= 11 is 0. The molecule has 0 aliphatic carbocycles. The molecule has 0 bridgehead atoms. The molecule has 3 aromatic rings. The van der Waals surface area contributed by atoms with Crippen molar-refractivity contribution in [2.75, 3.05) is 5.43 Å². The minimum atomic E-state index is 0.230. The number of rotatable bonds is 4. The standard InChI is InChI=1S/C18H16N4O/c1-13-11-17(15-5-3-2-4-6-15)20-22-18(13)21-19-12-14-7-9-16(23)10-8-14/h2-12,23H,1H3,(H,21,22)/b19-12+. The maximum absolute atomic E-state index is 9.24. The molecule has 0 atom stereocenters. The van der Waals surface area contributed by atoms with Crippen molar-refractivity contribution in [2.24, 2.45) is 5.10 Å². The minimum absolute atomic E-state index is 0.230. The van der Waals surface area contributed by atoms with E-state index in [2.05, 4.69) is 20.7 Å². The van der Waals surface area contributed by atoms with Gasteiger partial charge in [-0.3, -0.25) is 5.43 Å². The van der Waals surface area contributed by atoms with Crippen LogP contribution in [-0.4, -0.2) is 21.5 Å². The van der Waals surface area contributed by atoms with Crippen LogP contribution in [0.4, 0.5) is 5.82 Å². The van der Waals surface area contributed by atoms with Gasteiger partial charge < -0.3 is 5.11 Å². The van der Waals surface area contributed by atoms with E-state index in [1.165, 1.54) is 0 Å². The molecular formula is C18H16N4O. The lowest BCUT2D eigenvalue weighted by Crippen LogP contribution is -1.99. The van der Waals surface area contributed by atoms with Gasteiger partial charge in [-0.05, 0) is 48.4 Å². The van der Waals surface area contributed by atoms with E-state index in [1.807, 2.05) is 43.3 Å². The monoisotopic (exact) mass is 304 g/mol. The molecule has 0 amide bonds. The first-order chi connectivity index (χ1) is 11.2. The molecule has 23 heavy (non-hydrogen) atoms. The second kappa shape index (κ2) is 6.70. The van der Waals surface area contributed by atoms with E-state index in [4.69, 9.17) is 0 Å². The average Bonchev–Trinajstić information content (AvgIpc) is 2.59. The first kappa shape index (κ1) is 14.7. The Morgan fingerprint density at radius 1 is 1.00 bits per heavy atom. The van der Waals surface area contributed by atoms with E-state index >= 15 is 0 Å². The molecule has 0 unspecified atom stereocenters. The van der Waals surface area contributed by atoms with Crippen LogP contribution in [-0.2, 0) is 0 Å². The van der Waals surface area contributed by atoms with Crippen LogP contribution in [0, 0.1) is 6.92 Å². The Morgan fingerprint density at radius 3 is 2.43 bits per heavy atom. The molecular weight excluding hydrogens is 288 g/mol. The summed E-state index contributed by atoms with van der Waals surface area (Å²) < 4.78 is 0. The van der Waals surface area contributed by atoms with Crippen LogP contribution in [0.25, 0.3) is 11.3 Å². The van der Waals surface area contributed by atoms with Crippen LogP contribution in [0.5, 0.6) is 5.75 Å². The topological polar surface area (TPSA) is 70.4 Å². The van der Waals surface area contributed by atoms with Crippen molar-refractivity contribution in [3.05, 3.63) is 71.8 Å². The lowest BCUT2D eigenvalue weighted by atomic mass is 10.1. The van der Waals surface area contributed by atoms with Gasteiger partial charge in [0, 0.05) is 5.56 Å². The van der Waals surface area contributed by atoms with Gasteiger partial charge in [-0.25, -0.2) is 0 Å². The number of nitrogens with zero attached hydrogens (tertiary/aromatic N) is 3. The van der Waals surface area contributed by atoms with E-state index in [0.29, 0.717) is 5.82 Å². The summed E-state index contributed by atoms with van der Waals surface area (Å²) in [5, 5.41) is 21.8. The van der Waals surface area contributed by atoms with E-state index in [9.17, 15) is 5.11 Å². The van der Waals surface area contributed by atoms with Crippen molar-refractivity contribution in [2.45, 2.75) is 6.92 Å². The van der Waals surface area contributed by atoms with Gasteiger partial charge >= 0.3 is 0 Å². The second-order valence-corrected chi connectivity index (χ2v) is 5.09. The van der Waals surface area contributed by atoms with E-state index in [0.717, 1.165) is 22.4 Å². The Hall–Kier alpha value is -3.21. The Balaban J connectivity index is 1.72. The molecule has 114 valence electrons. The molecule has 1 aromatic heterocycles. The van der Waals surface area contributed by atoms with Crippen LogP contribution < -0.4 is 5.43 Å². The number of anilines is 1. The number of nitrogens with one attached hydrogen (secondary N) is 1. The first-order valence-corrected chi connectivity index (χ1v) is 7.20. The fourth-order valence-electron chi connectivity index (χ4n) is 2.07. The molecule has 2 aromatic carbocycles. The third-order valence-electron chi connectivity index (χ3n) is 3.33. The zero-order chi connectivity index (χ0) is 16.1. The van der Waals surface area contributed by atoms with E-state index < -0.39 is 0 Å². The summed E-state index contributed by atoms with van der Waals surface area (Å²) in [5.74, 6) is 0.841. The number of hydrogen-bond acceptors (Lipinski definition) is 5. The average molecular weight is 304 g/mol. The van der Waals surface area contributed by atoms with Crippen LogP contribution in [0.1, 0.15) is 11.1 Å². The van der Waals surface area contributed by atoms with Crippen molar-refractivity contribution in [3.8, 4) is 17.0 Å². The van der Waals surface area contributed by atoms with E-state index in [1.54, 1.807) is 30.5 Å². The highest BCUT2D eigenvalue weighted by Gasteiger charge is 2.04. The Kier molecular flexibility index (Phi) is 4.29. The quantitative estimate of drug-likeness (QED) is 0.570. The van der Waals surface area contributed by atoms with Gasteiger partial charge in [0.2, 0.25) is 0 Å². The van der Waals surface area contributed by atoms with Gasteiger partial charge in [-0.1, -0.05) is 30.3 Å². The third-order valence-corrected chi connectivity index (χ3v) is 3.33. The molecule has 0 fully saturated rings. The van der Waals surface area contributed by atoms with E-state index in [-0.39, 0.29) is 5.75 Å². The second-order valence-electron chi connectivity index (χ2n) is 5.09. The van der Waals surface area contributed by atoms with Crippen molar-refractivity contribution in [1.82, 2.24) is 10.2 Å².